The van der Waals surface area contributed by atoms with E-state index in [1.54, 1.807) is 12.3 Å². The van der Waals surface area contributed by atoms with E-state index in [-0.39, 0.29) is 11.4 Å². The summed E-state index contributed by atoms with van der Waals surface area (Å²) in [7, 11) is 0. The van der Waals surface area contributed by atoms with Crippen molar-refractivity contribution >= 4 is 17.6 Å². The predicted octanol–water partition coefficient (Wildman–Crippen LogP) is 3.03. The van der Waals surface area contributed by atoms with Crippen LogP contribution in [0.1, 0.15) is 32.8 Å². The Hall–Kier alpha value is -0.810. The van der Waals surface area contributed by atoms with Gasteiger partial charge in [0.25, 0.3) is 0 Å². The van der Waals surface area contributed by atoms with Gasteiger partial charge in [-0.3, -0.25) is 0 Å². The smallest absolute Gasteiger partial charge is 0.169 e. The number of hydrogen-bond donors (Lipinski definition) is 2. The molecule has 5 heteroatoms. The van der Waals surface area contributed by atoms with E-state index in [0.717, 1.165) is 17.9 Å². The average molecular weight is 283 g/mol. The van der Waals surface area contributed by atoms with Crippen molar-refractivity contribution in [3.05, 3.63) is 23.6 Å². The fraction of sp³-hybridized carbons (Fsp3) is 0.643. The molecule has 2 N–H and O–H groups in total. The molecule has 1 aliphatic heterocycles. The van der Waals surface area contributed by atoms with E-state index < -0.39 is 0 Å². The van der Waals surface area contributed by atoms with Crippen LogP contribution in [-0.4, -0.2) is 28.1 Å². The van der Waals surface area contributed by atoms with Gasteiger partial charge in [0.15, 0.2) is 11.6 Å². The highest BCUT2D eigenvalue weighted by molar-refractivity contribution is 7.99. The van der Waals surface area contributed by atoms with Gasteiger partial charge in [-0.25, -0.2) is 9.37 Å². The summed E-state index contributed by atoms with van der Waals surface area (Å²) in [5.41, 5.74) is 0.642. The van der Waals surface area contributed by atoms with Crippen molar-refractivity contribution in [1.29, 1.82) is 0 Å². The lowest BCUT2D eigenvalue weighted by molar-refractivity contribution is 0.418. The topological polar surface area (TPSA) is 37.0 Å². The second-order valence-corrected chi connectivity index (χ2v) is 7.09. The van der Waals surface area contributed by atoms with Gasteiger partial charge >= 0.3 is 0 Å². The standard InChI is InChI=1S/C14H22FN3S/c1-14(2,3)17-8-10-4-6-16-13(12(10)15)18-11-5-7-19-9-11/h4,6,11,17H,5,7-9H2,1-3H3,(H,16,18). The lowest BCUT2D eigenvalue weighted by Crippen LogP contribution is -2.35. The zero-order chi connectivity index (χ0) is 13.9. The van der Waals surface area contributed by atoms with Gasteiger partial charge < -0.3 is 10.6 Å². The first kappa shape index (κ1) is 14.6. The monoisotopic (exact) mass is 283 g/mol. The number of nitrogens with one attached hydrogen (secondary N) is 2. The summed E-state index contributed by atoms with van der Waals surface area (Å²) in [6, 6.07) is 2.08. The molecular weight excluding hydrogens is 261 g/mol. The molecule has 2 rings (SSSR count). The lowest BCUT2D eigenvalue weighted by Gasteiger charge is -2.21. The maximum Gasteiger partial charge on any atom is 0.169 e. The van der Waals surface area contributed by atoms with Crippen LogP contribution in [0, 0.1) is 5.82 Å². The molecule has 2 heterocycles. The van der Waals surface area contributed by atoms with Crippen LogP contribution in [-0.2, 0) is 6.54 Å². The van der Waals surface area contributed by atoms with Crippen LogP contribution in [0.5, 0.6) is 0 Å². The molecule has 0 amide bonds. The number of rotatable bonds is 4. The highest BCUT2D eigenvalue weighted by atomic mass is 32.2. The van der Waals surface area contributed by atoms with E-state index in [1.165, 1.54) is 0 Å². The van der Waals surface area contributed by atoms with Gasteiger partial charge in [0, 0.05) is 35.6 Å². The zero-order valence-corrected chi connectivity index (χ0v) is 12.6. The van der Waals surface area contributed by atoms with Gasteiger partial charge in [-0.15, -0.1) is 0 Å². The Labute approximate surface area is 118 Å². The summed E-state index contributed by atoms with van der Waals surface area (Å²) in [4.78, 5) is 4.12. The quantitative estimate of drug-likeness (QED) is 0.890. The first-order chi connectivity index (χ1) is 8.96. The van der Waals surface area contributed by atoms with E-state index in [4.69, 9.17) is 0 Å². The van der Waals surface area contributed by atoms with Crippen molar-refractivity contribution in [2.45, 2.75) is 45.3 Å². The Morgan fingerprint density at radius 3 is 2.89 bits per heavy atom. The van der Waals surface area contributed by atoms with Crippen molar-refractivity contribution in [1.82, 2.24) is 10.3 Å². The van der Waals surface area contributed by atoms with E-state index in [1.807, 2.05) is 11.8 Å². The molecule has 0 aliphatic carbocycles. The van der Waals surface area contributed by atoms with Crippen LogP contribution in [0.25, 0.3) is 0 Å². The van der Waals surface area contributed by atoms with Gasteiger partial charge in [0.05, 0.1) is 0 Å². The molecule has 1 atom stereocenters. The highest BCUT2D eigenvalue weighted by Gasteiger charge is 2.19. The van der Waals surface area contributed by atoms with Crippen molar-refractivity contribution in [3.8, 4) is 0 Å². The highest BCUT2D eigenvalue weighted by Crippen LogP contribution is 2.23. The molecule has 0 radical (unpaired) electrons. The van der Waals surface area contributed by atoms with Crippen LogP contribution >= 0.6 is 11.8 Å². The maximum atomic E-state index is 14.3. The number of nitrogens with zero attached hydrogens (tertiary/aromatic N) is 1. The summed E-state index contributed by atoms with van der Waals surface area (Å²) < 4.78 is 14.3. The van der Waals surface area contributed by atoms with Crippen LogP contribution in [0.2, 0.25) is 0 Å². The summed E-state index contributed by atoms with van der Waals surface area (Å²) in [6.45, 7) is 6.73. The minimum Gasteiger partial charge on any atom is -0.364 e. The molecule has 3 nitrogen and oxygen atoms in total. The minimum atomic E-state index is -0.226. The van der Waals surface area contributed by atoms with Crippen LogP contribution in [0.15, 0.2) is 12.3 Å². The summed E-state index contributed by atoms with van der Waals surface area (Å²) >= 11 is 1.90. The van der Waals surface area contributed by atoms with Crippen molar-refractivity contribution in [2.75, 3.05) is 16.8 Å². The van der Waals surface area contributed by atoms with Crippen molar-refractivity contribution in [3.63, 3.8) is 0 Å². The zero-order valence-electron chi connectivity index (χ0n) is 11.8. The van der Waals surface area contributed by atoms with Gasteiger partial charge in [-0.05, 0) is 39.0 Å². The van der Waals surface area contributed by atoms with Crippen molar-refractivity contribution < 1.29 is 4.39 Å². The molecule has 0 saturated carbocycles. The minimum absolute atomic E-state index is 0.0224. The molecule has 0 spiro atoms. The van der Waals surface area contributed by atoms with E-state index >= 15 is 0 Å². The Balaban J connectivity index is 2.04. The maximum absolute atomic E-state index is 14.3. The first-order valence-corrected chi connectivity index (χ1v) is 7.84. The second kappa shape index (κ2) is 6.09. The number of thioether (sulfide) groups is 1. The fourth-order valence-electron chi connectivity index (χ4n) is 1.92. The molecular formula is C14H22FN3S. The number of anilines is 1. The van der Waals surface area contributed by atoms with Gasteiger partial charge in [0.1, 0.15) is 0 Å². The third-order valence-corrected chi connectivity index (χ3v) is 4.21. The van der Waals surface area contributed by atoms with E-state index in [2.05, 4.69) is 36.4 Å². The predicted molar refractivity (Wildman–Crippen MR) is 80.1 cm³/mol. The molecule has 1 saturated heterocycles. The fourth-order valence-corrected chi connectivity index (χ4v) is 3.08. The molecule has 1 unspecified atom stereocenters. The van der Waals surface area contributed by atoms with E-state index in [0.29, 0.717) is 24.0 Å². The summed E-state index contributed by atoms with van der Waals surface area (Å²) in [6.07, 6.45) is 2.75. The average Bonchev–Trinajstić information content (AvgIpc) is 2.82. The summed E-state index contributed by atoms with van der Waals surface area (Å²) in [5, 5.41) is 6.51. The molecule has 1 aromatic heterocycles. The number of pyridine rings is 1. The van der Waals surface area contributed by atoms with Crippen molar-refractivity contribution in [2.24, 2.45) is 0 Å². The molecule has 1 fully saturated rings. The van der Waals surface area contributed by atoms with Gasteiger partial charge in [0.2, 0.25) is 0 Å². The number of hydrogen-bond acceptors (Lipinski definition) is 4. The van der Waals surface area contributed by atoms with E-state index in [9.17, 15) is 4.39 Å². The molecule has 1 aromatic rings. The summed E-state index contributed by atoms with van der Waals surface area (Å²) in [5.74, 6) is 2.34. The Morgan fingerprint density at radius 2 is 2.26 bits per heavy atom. The van der Waals surface area contributed by atoms with Crippen LogP contribution in [0.3, 0.4) is 0 Å². The number of aromatic nitrogens is 1. The van der Waals surface area contributed by atoms with Gasteiger partial charge in [-0.2, -0.15) is 11.8 Å². The number of halogens is 1. The SMILES string of the molecule is CC(C)(C)NCc1ccnc(NC2CCSC2)c1F. The second-order valence-electron chi connectivity index (χ2n) is 5.94. The molecule has 19 heavy (non-hydrogen) atoms. The molecule has 106 valence electrons. The molecule has 0 bridgehead atoms. The normalized spacial score (nSPS) is 19.7. The van der Waals surface area contributed by atoms with Gasteiger partial charge in [-0.1, -0.05) is 0 Å². The third kappa shape index (κ3) is 4.35. The Bertz CT molecular complexity index is 425. The van der Waals surface area contributed by atoms with Crippen LogP contribution < -0.4 is 10.6 Å². The lowest BCUT2D eigenvalue weighted by atomic mass is 10.1. The van der Waals surface area contributed by atoms with Crippen LogP contribution in [0.4, 0.5) is 10.2 Å². The molecule has 0 aromatic carbocycles. The Kier molecular flexibility index (Phi) is 4.68. The molecule has 1 aliphatic rings. The Morgan fingerprint density at radius 1 is 1.47 bits per heavy atom. The third-order valence-electron chi connectivity index (χ3n) is 3.05. The largest absolute Gasteiger partial charge is 0.364 e. The first-order valence-electron chi connectivity index (χ1n) is 6.68.